The third kappa shape index (κ3) is 1.71. The van der Waals surface area contributed by atoms with Crippen LogP contribution in [0.2, 0.25) is 0 Å². The second kappa shape index (κ2) is 4.40. The summed E-state index contributed by atoms with van der Waals surface area (Å²) >= 11 is 0. The first-order valence-electron chi connectivity index (χ1n) is 6.50. The lowest BCUT2D eigenvalue weighted by atomic mass is 9.82. The van der Waals surface area contributed by atoms with E-state index in [0.29, 0.717) is 12.8 Å². The number of barbiturate groups is 1. The van der Waals surface area contributed by atoms with Crippen LogP contribution in [0.5, 0.6) is 0 Å². The number of carbonyl (C=O) groups excluding carboxylic acids is 3. The van der Waals surface area contributed by atoms with Crippen molar-refractivity contribution in [3.05, 3.63) is 30.1 Å². The van der Waals surface area contributed by atoms with Crippen molar-refractivity contribution in [2.24, 2.45) is 5.41 Å². The third-order valence-corrected chi connectivity index (χ3v) is 4.01. The summed E-state index contributed by atoms with van der Waals surface area (Å²) in [4.78, 5) is 37.5. The molecular weight excluding hydrogens is 263 g/mol. The van der Waals surface area contributed by atoms with E-state index in [1.54, 1.807) is 0 Å². The van der Waals surface area contributed by atoms with Crippen LogP contribution in [0.4, 0.5) is 14.9 Å². The molecule has 1 aliphatic carbocycles. The summed E-state index contributed by atoms with van der Waals surface area (Å²) in [5.41, 5.74) is -0.866. The lowest BCUT2D eigenvalue weighted by Crippen LogP contribution is -2.63. The van der Waals surface area contributed by atoms with Gasteiger partial charge in [0.05, 0.1) is 5.69 Å². The zero-order valence-electron chi connectivity index (χ0n) is 10.7. The van der Waals surface area contributed by atoms with Crippen LogP contribution in [0.15, 0.2) is 24.3 Å². The first kappa shape index (κ1) is 12.8. The number of nitrogens with one attached hydrogen (secondary N) is 1. The van der Waals surface area contributed by atoms with Crippen LogP contribution < -0.4 is 10.2 Å². The quantitative estimate of drug-likeness (QED) is 0.797. The largest absolute Gasteiger partial charge is 0.335 e. The Bertz CT molecular complexity index is 591. The number of benzene rings is 1. The summed E-state index contributed by atoms with van der Waals surface area (Å²) < 4.78 is 12.9. The SMILES string of the molecule is O=C1NC(=O)C2(CCCC2)C(=O)N1c1ccc(F)cc1. The van der Waals surface area contributed by atoms with Crippen molar-refractivity contribution in [1.82, 2.24) is 5.32 Å². The zero-order chi connectivity index (χ0) is 14.3. The second-order valence-electron chi connectivity index (χ2n) is 5.17. The van der Waals surface area contributed by atoms with Gasteiger partial charge in [-0.3, -0.25) is 14.9 Å². The molecule has 20 heavy (non-hydrogen) atoms. The summed E-state index contributed by atoms with van der Waals surface area (Å²) in [6.45, 7) is 0. The fourth-order valence-electron chi connectivity index (χ4n) is 2.92. The minimum absolute atomic E-state index is 0.271. The molecule has 1 N–H and O–H groups in total. The van der Waals surface area contributed by atoms with Crippen molar-refractivity contribution >= 4 is 23.5 Å². The van der Waals surface area contributed by atoms with Gasteiger partial charge < -0.3 is 0 Å². The van der Waals surface area contributed by atoms with Gasteiger partial charge in [0.1, 0.15) is 11.2 Å². The number of anilines is 1. The van der Waals surface area contributed by atoms with Crippen LogP contribution in [-0.4, -0.2) is 17.8 Å². The molecule has 4 amide bonds. The number of imide groups is 2. The smallest absolute Gasteiger partial charge is 0.276 e. The van der Waals surface area contributed by atoms with E-state index in [4.69, 9.17) is 0 Å². The molecule has 0 bridgehead atoms. The number of rotatable bonds is 1. The minimum atomic E-state index is -1.14. The van der Waals surface area contributed by atoms with Crippen LogP contribution in [-0.2, 0) is 9.59 Å². The Hall–Kier alpha value is -2.24. The third-order valence-electron chi connectivity index (χ3n) is 4.01. The molecule has 1 saturated carbocycles. The number of hydrogen-bond acceptors (Lipinski definition) is 3. The first-order chi connectivity index (χ1) is 9.54. The Morgan fingerprint density at radius 1 is 1.05 bits per heavy atom. The second-order valence-corrected chi connectivity index (χ2v) is 5.17. The maximum absolute atomic E-state index is 12.9. The van der Waals surface area contributed by atoms with Gasteiger partial charge in [-0.15, -0.1) is 0 Å². The van der Waals surface area contributed by atoms with Crippen LogP contribution in [0, 0.1) is 11.2 Å². The van der Waals surface area contributed by atoms with Crippen molar-refractivity contribution in [1.29, 1.82) is 0 Å². The van der Waals surface area contributed by atoms with E-state index in [1.807, 2.05) is 0 Å². The van der Waals surface area contributed by atoms with Gasteiger partial charge in [-0.1, -0.05) is 12.8 Å². The highest BCUT2D eigenvalue weighted by Crippen LogP contribution is 2.42. The molecule has 104 valence electrons. The van der Waals surface area contributed by atoms with Crippen LogP contribution in [0.3, 0.4) is 0 Å². The maximum Gasteiger partial charge on any atom is 0.335 e. The molecule has 6 heteroatoms. The van der Waals surface area contributed by atoms with Crippen LogP contribution >= 0.6 is 0 Å². The Labute approximate surface area is 114 Å². The van der Waals surface area contributed by atoms with Crippen LogP contribution in [0.1, 0.15) is 25.7 Å². The Balaban J connectivity index is 2.02. The summed E-state index contributed by atoms with van der Waals surface area (Å²) in [7, 11) is 0. The Kier molecular flexibility index (Phi) is 2.81. The summed E-state index contributed by atoms with van der Waals surface area (Å²) in [5, 5.41) is 2.24. The maximum atomic E-state index is 12.9. The molecule has 1 saturated heterocycles. The molecule has 0 radical (unpaired) electrons. The summed E-state index contributed by atoms with van der Waals surface area (Å²) in [6.07, 6.45) is 2.46. The Morgan fingerprint density at radius 2 is 1.65 bits per heavy atom. The van der Waals surface area contributed by atoms with E-state index in [2.05, 4.69) is 5.32 Å². The van der Waals surface area contributed by atoms with Crippen molar-refractivity contribution < 1.29 is 18.8 Å². The number of amides is 4. The molecular formula is C14H13FN2O3. The molecule has 0 atom stereocenters. The first-order valence-corrected chi connectivity index (χ1v) is 6.50. The fraction of sp³-hybridized carbons (Fsp3) is 0.357. The van der Waals surface area contributed by atoms with Crippen molar-refractivity contribution in [2.45, 2.75) is 25.7 Å². The van der Waals surface area contributed by atoms with E-state index < -0.39 is 29.1 Å². The van der Waals surface area contributed by atoms with Gasteiger partial charge in [-0.2, -0.15) is 0 Å². The molecule has 2 fully saturated rings. The van der Waals surface area contributed by atoms with Gasteiger partial charge in [-0.05, 0) is 37.1 Å². The molecule has 2 aliphatic rings. The van der Waals surface area contributed by atoms with Gasteiger partial charge in [-0.25, -0.2) is 14.1 Å². The van der Waals surface area contributed by atoms with E-state index >= 15 is 0 Å². The summed E-state index contributed by atoms with van der Waals surface area (Å²) in [5.74, 6) is -1.47. The minimum Gasteiger partial charge on any atom is -0.276 e. The van der Waals surface area contributed by atoms with E-state index in [0.717, 1.165) is 17.7 Å². The predicted octanol–water partition coefficient (Wildman–Crippen LogP) is 1.97. The lowest BCUT2D eigenvalue weighted by molar-refractivity contribution is -0.142. The van der Waals surface area contributed by atoms with Gasteiger partial charge in [0.2, 0.25) is 5.91 Å². The molecule has 1 heterocycles. The van der Waals surface area contributed by atoms with E-state index in [9.17, 15) is 18.8 Å². The van der Waals surface area contributed by atoms with Crippen molar-refractivity contribution in [3.63, 3.8) is 0 Å². The number of carbonyl (C=O) groups is 3. The highest BCUT2D eigenvalue weighted by atomic mass is 19.1. The van der Waals surface area contributed by atoms with Gasteiger partial charge >= 0.3 is 6.03 Å². The van der Waals surface area contributed by atoms with E-state index in [1.165, 1.54) is 24.3 Å². The predicted molar refractivity (Wildman–Crippen MR) is 68.3 cm³/mol. The molecule has 3 rings (SSSR count). The highest BCUT2D eigenvalue weighted by molar-refractivity contribution is 6.30. The normalized spacial score (nSPS) is 21.4. The van der Waals surface area contributed by atoms with E-state index in [-0.39, 0.29) is 5.69 Å². The van der Waals surface area contributed by atoms with Crippen molar-refractivity contribution in [2.75, 3.05) is 4.90 Å². The van der Waals surface area contributed by atoms with Crippen molar-refractivity contribution in [3.8, 4) is 0 Å². The molecule has 1 aromatic rings. The van der Waals surface area contributed by atoms with Gasteiger partial charge in [0.15, 0.2) is 0 Å². The number of nitrogens with zero attached hydrogens (tertiary/aromatic N) is 1. The highest BCUT2D eigenvalue weighted by Gasteiger charge is 2.55. The standard InChI is InChI=1S/C14H13FN2O3/c15-9-3-5-10(6-4-9)17-12(19)14(7-1-2-8-14)11(18)16-13(17)20/h3-6H,1-2,7-8H2,(H,16,18,20). The van der Waals surface area contributed by atoms with Gasteiger partial charge in [0, 0.05) is 0 Å². The average molecular weight is 276 g/mol. The molecule has 1 aliphatic heterocycles. The zero-order valence-corrected chi connectivity index (χ0v) is 10.7. The summed E-state index contributed by atoms with van der Waals surface area (Å²) in [6, 6.07) is 4.28. The topological polar surface area (TPSA) is 66.5 Å². The molecule has 0 unspecified atom stereocenters. The molecule has 1 spiro atoms. The van der Waals surface area contributed by atoms with Crippen LogP contribution in [0.25, 0.3) is 0 Å². The van der Waals surface area contributed by atoms with Gasteiger partial charge in [0.25, 0.3) is 5.91 Å². The number of urea groups is 1. The Morgan fingerprint density at radius 3 is 2.25 bits per heavy atom. The monoisotopic (exact) mass is 276 g/mol. The number of hydrogen-bond donors (Lipinski definition) is 1. The fourth-order valence-corrected chi connectivity index (χ4v) is 2.92. The number of halogens is 1. The molecule has 0 aromatic heterocycles. The lowest BCUT2D eigenvalue weighted by Gasteiger charge is -2.36. The average Bonchev–Trinajstić information content (AvgIpc) is 2.90. The molecule has 1 aromatic carbocycles. The molecule has 5 nitrogen and oxygen atoms in total.